The number of rotatable bonds is 6. The van der Waals surface area contributed by atoms with Crippen LogP contribution in [0.15, 0.2) is 81.0 Å². The van der Waals surface area contributed by atoms with Crippen LogP contribution < -0.4 is 19.8 Å². The third-order valence-corrected chi connectivity index (χ3v) is 9.99. The molecule has 2 aliphatic rings. The topological polar surface area (TPSA) is 129 Å². The van der Waals surface area contributed by atoms with Gasteiger partial charge in [0.05, 0.1) is 22.2 Å². The van der Waals surface area contributed by atoms with E-state index in [4.69, 9.17) is 4.74 Å². The molecule has 1 saturated heterocycles. The van der Waals surface area contributed by atoms with Crippen LogP contribution in [0.3, 0.4) is 0 Å². The molecule has 9 nitrogen and oxygen atoms in total. The number of ether oxygens (including phenoxy) is 1. The molecule has 3 N–H and O–H groups in total. The molecule has 1 aromatic heterocycles. The Kier molecular flexibility index (Phi) is 7.80. The fourth-order valence-electron chi connectivity index (χ4n) is 5.28. The number of anilines is 2. The van der Waals surface area contributed by atoms with Crippen LogP contribution in [0.5, 0.6) is 11.5 Å². The monoisotopic (exact) mass is 705 g/mol. The number of H-pyrrole nitrogens is 1. The number of imide groups is 1. The van der Waals surface area contributed by atoms with Gasteiger partial charge in [0.1, 0.15) is 16.7 Å². The van der Waals surface area contributed by atoms with Crippen molar-refractivity contribution in [1.29, 1.82) is 0 Å². The average Bonchev–Trinajstić information content (AvgIpc) is 3.47. The maximum atomic E-state index is 14.0. The van der Waals surface area contributed by atoms with Crippen molar-refractivity contribution in [2.75, 3.05) is 16.8 Å². The van der Waals surface area contributed by atoms with Gasteiger partial charge in [-0.3, -0.25) is 19.2 Å². The van der Waals surface area contributed by atoms with Crippen LogP contribution in [0.2, 0.25) is 0 Å². The number of amides is 3. The molecule has 3 heterocycles. The Bertz CT molecular complexity index is 1860. The number of hydrogen-bond acceptors (Lipinski definition) is 8. The molecule has 3 unspecified atom stereocenters. The molecule has 4 aromatic rings. The number of thioether (sulfide) groups is 1. The lowest BCUT2D eigenvalue weighted by atomic mass is 9.82. The van der Waals surface area contributed by atoms with Gasteiger partial charge in [-0.25, -0.2) is 4.90 Å². The summed E-state index contributed by atoms with van der Waals surface area (Å²) in [5.41, 5.74) is -0.931. The highest BCUT2D eigenvalue weighted by Crippen LogP contribution is 2.55. The maximum Gasteiger partial charge on any atom is 0.418 e. The molecule has 2 aliphatic heterocycles. The van der Waals surface area contributed by atoms with Crippen molar-refractivity contribution in [2.24, 2.45) is 5.92 Å². The Hall–Kier alpha value is -4.08. The number of aromatic nitrogens is 1. The molecule has 1 fully saturated rings. The van der Waals surface area contributed by atoms with Crippen LogP contribution in [0, 0.1) is 5.92 Å². The third-order valence-electron chi connectivity index (χ3n) is 7.09. The molecular formula is C29H19BrF3N3O6S2. The number of nitrogens with zero attached hydrogens (tertiary/aromatic N) is 1. The Morgan fingerprint density at radius 2 is 1.77 bits per heavy atom. The van der Waals surface area contributed by atoms with E-state index in [1.165, 1.54) is 36.4 Å². The van der Waals surface area contributed by atoms with Gasteiger partial charge in [0, 0.05) is 26.5 Å². The van der Waals surface area contributed by atoms with Gasteiger partial charge in [0.2, 0.25) is 11.8 Å². The number of carbonyl (C=O) groups is 3. The number of thiazole rings is 1. The van der Waals surface area contributed by atoms with Crippen molar-refractivity contribution in [1.82, 2.24) is 4.98 Å². The van der Waals surface area contributed by atoms with Crippen LogP contribution in [0.25, 0.3) is 0 Å². The Balaban J connectivity index is 1.38. The molecule has 3 amide bonds. The molecule has 3 aromatic carbocycles. The van der Waals surface area contributed by atoms with Gasteiger partial charge in [-0.15, -0.1) is 0 Å². The van der Waals surface area contributed by atoms with Gasteiger partial charge in [-0.05, 0) is 54.6 Å². The number of aromatic amines is 1. The SMILES string of the molecule is O=C(COc1ccc(Br)cc1C1c2sc(=O)[nH]c2SC2C(=O)N(c3ccccc3C(F)(F)F)C(=O)C21)Nc1ccc(O)cc1. The fraction of sp³-hybridized carbons (Fsp3) is 0.172. The number of carbonyl (C=O) groups excluding carboxylic acids is 3. The van der Waals surface area contributed by atoms with Crippen LogP contribution in [-0.2, 0) is 20.6 Å². The maximum absolute atomic E-state index is 14.0. The first-order valence-electron chi connectivity index (χ1n) is 12.9. The Labute approximate surface area is 263 Å². The van der Waals surface area contributed by atoms with Crippen molar-refractivity contribution in [2.45, 2.75) is 22.4 Å². The van der Waals surface area contributed by atoms with Gasteiger partial charge in [0.15, 0.2) is 6.61 Å². The molecule has 6 rings (SSSR count). The highest BCUT2D eigenvalue weighted by atomic mass is 79.9. The lowest BCUT2D eigenvalue weighted by Crippen LogP contribution is -2.33. The molecule has 0 aliphatic carbocycles. The van der Waals surface area contributed by atoms with E-state index in [1.807, 2.05) is 0 Å². The minimum atomic E-state index is -4.83. The summed E-state index contributed by atoms with van der Waals surface area (Å²) < 4.78 is 48.2. The van der Waals surface area contributed by atoms with Gasteiger partial charge in [0.25, 0.3) is 5.91 Å². The van der Waals surface area contributed by atoms with Crippen molar-refractivity contribution < 1.29 is 37.4 Å². The summed E-state index contributed by atoms with van der Waals surface area (Å²) in [6.45, 7) is -0.459. The van der Waals surface area contributed by atoms with E-state index in [0.29, 0.717) is 30.5 Å². The number of halogens is 4. The summed E-state index contributed by atoms with van der Waals surface area (Å²) in [7, 11) is 0. The number of phenolic OH excluding ortho intramolecular Hbond substituents is 1. The number of para-hydroxylation sites is 1. The predicted molar refractivity (Wildman–Crippen MR) is 160 cm³/mol. The second kappa shape index (κ2) is 11.4. The van der Waals surface area contributed by atoms with Gasteiger partial charge in [-0.2, -0.15) is 13.2 Å². The molecule has 0 spiro atoms. The minimum Gasteiger partial charge on any atom is -0.508 e. The summed E-state index contributed by atoms with van der Waals surface area (Å²) in [5, 5.41) is 11.3. The normalized spacial score (nSPS) is 19.5. The van der Waals surface area contributed by atoms with Crippen molar-refractivity contribution in [3.8, 4) is 11.5 Å². The number of benzene rings is 3. The van der Waals surface area contributed by atoms with Gasteiger partial charge >= 0.3 is 11.0 Å². The number of nitrogens with one attached hydrogen (secondary N) is 2. The summed E-state index contributed by atoms with van der Waals surface area (Å²) in [6.07, 6.45) is -4.83. The third kappa shape index (κ3) is 5.50. The first-order valence-corrected chi connectivity index (χ1v) is 15.4. The van der Waals surface area contributed by atoms with Crippen LogP contribution in [-0.4, -0.2) is 39.7 Å². The fourth-order valence-corrected chi connectivity index (χ4v) is 8.16. The number of phenols is 1. The Morgan fingerprint density at radius 3 is 2.50 bits per heavy atom. The molecule has 226 valence electrons. The predicted octanol–water partition coefficient (Wildman–Crippen LogP) is 5.74. The average molecular weight is 707 g/mol. The summed E-state index contributed by atoms with van der Waals surface area (Å²) in [4.78, 5) is 56.1. The molecular weight excluding hydrogens is 687 g/mol. The van der Waals surface area contributed by atoms with E-state index in [0.717, 1.165) is 35.2 Å². The Morgan fingerprint density at radius 1 is 1.05 bits per heavy atom. The second-order valence-corrected chi connectivity index (χ2v) is 12.9. The highest BCUT2D eigenvalue weighted by molar-refractivity contribution is 9.10. The lowest BCUT2D eigenvalue weighted by Gasteiger charge is -2.31. The number of fused-ring (bicyclic) bond motifs is 2. The summed E-state index contributed by atoms with van der Waals surface area (Å²) in [6, 6.07) is 15.0. The largest absolute Gasteiger partial charge is 0.508 e. The first kappa shape index (κ1) is 30.0. The van der Waals surface area contributed by atoms with Gasteiger partial charge in [-0.1, -0.05) is 51.2 Å². The van der Waals surface area contributed by atoms with E-state index in [-0.39, 0.29) is 11.5 Å². The van der Waals surface area contributed by atoms with Crippen LogP contribution in [0.1, 0.15) is 21.9 Å². The van der Waals surface area contributed by atoms with E-state index in [2.05, 4.69) is 26.2 Å². The molecule has 0 radical (unpaired) electrons. The van der Waals surface area contributed by atoms with E-state index in [1.54, 1.807) is 18.2 Å². The smallest absolute Gasteiger partial charge is 0.418 e. The van der Waals surface area contributed by atoms with E-state index in [9.17, 15) is 37.5 Å². The number of alkyl halides is 3. The van der Waals surface area contributed by atoms with Crippen molar-refractivity contribution in [3.63, 3.8) is 0 Å². The first-order chi connectivity index (χ1) is 20.9. The second-order valence-electron chi connectivity index (χ2n) is 9.84. The zero-order chi connectivity index (χ0) is 31.3. The summed E-state index contributed by atoms with van der Waals surface area (Å²) in [5.74, 6) is -4.18. The van der Waals surface area contributed by atoms with Crippen LogP contribution in [0.4, 0.5) is 24.5 Å². The molecule has 0 bridgehead atoms. The van der Waals surface area contributed by atoms with Crippen molar-refractivity contribution >= 4 is 68.1 Å². The lowest BCUT2D eigenvalue weighted by molar-refractivity contribution is -0.137. The van der Waals surface area contributed by atoms with E-state index >= 15 is 0 Å². The number of aromatic hydroxyl groups is 1. The minimum absolute atomic E-state index is 0.0227. The molecule has 3 atom stereocenters. The highest BCUT2D eigenvalue weighted by Gasteiger charge is 2.57. The molecule has 44 heavy (non-hydrogen) atoms. The zero-order valence-electron chi connectivity index (χ0n) is 22.1. The van der Waals surface area contributed by atoms with Gasteiger partial charge < -0.3 is 20.1 Å². The molecule has 15 heteroatoms. The van der Waals surface area contributed by atoms with Crippen LogP contribution >= 0.6 is 39.0 Å². The van der Waals surface area contributed by atoms with E-state index < -0.39 is 63.7 Å². The van der Waals surface area contributed by atoms with Crippen molar-refractivity contribution in [3.05, 3.63) is 96.9 Å². The number of hydrogen-bond donors (Lipinski definition) is 3. The standard InChI is InChI=1S/C29H19BrF3N3O6S2/c30-13-5-10-19(42-12-20(38)34-14-6-8-15(37)9-7-14)16(11-13)21-22-24(43-25-23(21)44-28(41)35-25)27(40)36(26(22)39)18-4-2-1-3-17(18)29(31,32)33/h1-11,21-22,24,37H,12H2,(H,34,38)(H,35,41). The molecule has 0 saturated carbocycles. The quantitative estimate of drug-likeness (QED) is 0.173. The summed E-state index contributed by atoms with van der Waals surface area (Å²) >= 11 is 5.16. The zero-order valence-corrected chi connectivity index (χ0v) is 25.3.